The Morgan fingerprint density at radius 2 is 2.00 bits per heavy atom. The van der Waals surface area contributed by atoms with E-state index in [9.17, 15) is 0 Å². The van der Waals surface area contributed by atoms with Crippen LogP contribution < -0.4 is 5.90 Å². The Morgan fingerprint density at radius 1 is 1.33 bits per heavy atom. The van der Waals surface area contributed by atoms with Gasteiger partial charge >= 0.3 is 0 Å². The van der Waals surface area contributed by atoms with E-state index in [1.807, 2.05) is 0 Å². The minimum absolute atomic E-state index is 0.443. The van der Waals surface area contributed by atoms with Gasteiger partial charge < -0.3 is 9.57 Å². The number of rotatable bonds is 3. The van der Waals surface area contributed by atoms with Gasteiger partial charge in [0.15, 0.2) is 0 Å². The normalized spacial score (nSPS) is 28.8. The molecule has 0 amide bonds. The summed E-state index contributed by atoms with van der Waals surface area (Å²) in [6, 6.07) is 0. The van der Waals surface area contributed by atoms with Crippen LogP contribution in [0, 0.1) is 11.3 Å². The van der Waals surface area contributed by atoms with E-state index in [0.29, 0.717) is 5.41 Å². The molecule has 1 saturated carbocycles. The third-order valence-electron chi connectivity index (χ3n) is 3.35. The van der Waals surface area contributed by atoms with Gasteiger partial charge in [-0.25, -0.2) is 5.90 Å². The zero-order valence-electron chi connectivity index (χ0n) is 7.42. The molecule has 0 atom stereocenters. The highest BCUT2D eigenvalue weighted by Crippen LogP contribution is 2.54. The van der Waals surface area contributed by atoms with Crippen LogP contribution in [0.1, 0.15) is 25.7 Å². The van der Waals surface area contributed by atoms with Crippen molar-refractivity contribution in [1.82, 2.24) is 0 Å². The van der Waals surface area contributed by atoms with Crippen LogP contribution in [-0.2, 0) is 9.57 Å². The smallest absolute Gasteiger partial charge is 0.0738 e. The first-order valence-corrected chi connectivity index (χ1v) is 4.77. The molecule has 0 aromatic heterocycles. The summed E-state index contributed by atoms with van der Waals surface area (Å²) in [4.78, 5) is 4.78. The van der Waals surface area contributed by atoms with E-state index in [1.165, 1.54) is 25.7 Å². The van der Waals surface area contributed by atoms with Crippen LogP contribution >= 0.6 is 0 Å². The van der Waals surface area contributed by atoms with Crippen LogP contribution in [0.15, 0.2) is 0 Å². The highest BCUT2D eigenvalue weighted by molar-refractivity contribution is 4.98. The standard InChI is InChI=1S/C9H17NO2/c10-12-7-9(3-4-9)8-1-5-11-6-2-8/h8H,1-7,10H2. The van der Waals surface area contributed by atoms with Gasteiger partial charge in [0.25, 0.3) is 0 Å². The van der Waals surface area contributed by atoms with Gasteiger partial charge in [0.1, 0.15) is 0 Å². The molecule has 0 bridgehead atoms. The fourth-order valence-corrected chi connectivity index (χ4v) is 2.31. The van der Waals surface area contributed by atoms with Crippen molar-refractivity contribution < 1.29 is 9.57 Å². The predicted molar refractivity (Wildman–Crippen MR) is 45.3 cm³/mol. The first kappa shape index (κ1) is 8.48. The summed E-state index contributed by atoms with van der Waals surface area (Å²) in [6.45, 7) is 2.60. The van der Waals surface area contributed by atoms with Gasteiger partial charge in [0.05, 0.1) is 6.61 Å². The zero-order chi connectivity index (χ0) is 8.44. The summed E-state index contributed by atoms with van der Waals surface area (Å²) in [7, 11) is 0. The molecule has 0 aromatic carbocycles. The van der Waals surface area contributed by atoms with Crippen LogP contribution in [0.25, 0.3) is 0 Å². The molecule has 0 spiro atoms. The lowest BCUT2D eigenvalue weighted by molar-refractivity contribution is 0.00474. The first-order chi connectivity index (χ1) is 5.87. The SMILES string of the molecule is NOCC1(C2CCOCC2)CC1. The van der Waals surface area contributed by atoms with Gasteiger partial charge in [-0.3, -0.25) is 0 Å². The van der Waals surface area contributed by atoms with Gasteiger partial charge in [-0.05, 0) is 37.0 Å². The average molecular weight is 171 g/mol. The number of nitrogens with two attached hydrogens (primary N) is 1. The fraction of sp³-hybridized carbons (Fsp3) is 1.00. The number of ether oxygens (including phenoxy) is 1. The highest BCUT2D eigenvalue weighted by Gasteiger charge is 2.49. The van der Waals surface area contributed by atoms with Crippen molar-refractivity contribution in [3.8, 4) is 0 Å². The van der Waals surface area contributed by atoms with Crippen LogP contribution in [0.3, 0.4) is 0 Å². The quantitative estimate of drug-likeness (QED) is 0.646. The second kappa shape index (κ2) is 3.32. The molecule has 2 fully saturated rings. The fourth-order valence-electron chi connectivity index (χ4n) is 2.31. The third-order valence-corrected chi connectivity index (χ3v) is 3.35. The van der Waals surface area contributed by atoms with Crippen molar-refractivity contribution in [2.24, 2.45) is 17.2 Å². The predicted octanol–water partition coefficient (Wildman–Crippen LogP) is 1.08. The molecular formula is C9H17NO2. The largest absolute Gasteiger partial charge is 0.381 e. The van der Waals surface area contributed by atoms with Crippen LogP contribution in [0.5, 0.6) is 0 Å². The van der Waals surface area contributed by atoms with Crippen molar-refractivity contribution in [1.29, 1.82) is 0 Å². The van der Waals surface area contributed by atoms with Crippen molar-refractivity contribution in [3.05, 3.63) is 0 Å². The molecule has 2 rings (SSSR count). The van der Waals surface area contributed by atoms with Gasteiger partial charge in [-0.2, -0.15) is 0 Å². The molecule has 0 aromatic rings. The third kappa shape index (κ3) is 1.49. The average Bonchev–Trinajstić information content (AvgIpc) is 2.88. The van der Waals surface area contributed by atoms with Gasteiger partial charge in [0.2, 0.25) is 0 Å². The maximum Gasteiger partial charge on any atom is 0.0738 e. The molecule has 3 nitrogen and oxygen atoms in total. The summed E-state index contributed by atoms with van der Waals surface area (Å²) in [5, 5.41) is 0. The minimum Gasteiger partial charge on any atom is -0.381 e. The summed E-state index contributed by atoms with van der Waals surface area (Å²) in [6.07, 6.45) is 5.00. The maximum absolute atomic E-state index is 5.33. The lowest BCUT2D eigenvalue weighted by Gasteiger charge is -2.29. The maximum atomic E-state index is 5.33. The second-order valence-electron chi connectivity index (χ2n) is 4.06. The molecule has 3 heteroatoms. The molecule has 70 valence electrons. The summed E-state index contributed by atoms with van der Waals surface area (Å²) in [5.41, 5.74) is 0.443. The molecule has 0 radical (unpaired) electrons. The molecule has 1 aliphatic heterocycles. The van der Waals surface area contributed by atoms with Crippen molar-refractivity contribution >= 4 is 0 Å². The Labute approximate surface area is 73.2 Å². The van der Waals surface area contributed by atoms with Gasteiger partial charge in [0, 0.05) is 13.2 Å². The molecule has 1 heterocycles. The Bertz CT molecular complexity index is 151. The van der Waals surface area contributed by atoms with E-state index >= 15 is 0 Å². The summed E-state index contributed by atoms with van der Waals surface area (Å²) < 4.78 is 5.33. The summed E-state index contributed by atoms with van der Waals surface area (Å²) >= 11 is 0. The lowest BCUT2D eigenvalue weighted by Crippen LogP contribution is -2.28. The van der Waals surface area contributed by atoms with Crippen molar-refractivity contribution in [2.45, 2.75) is 25.7 Å². The van der Waals surface area contributed by atoms with Crippen LogP contribution in [0.4, 0.5) is 0 Å². The van der Waals surface area contributed by atoms with Crippen molar-refractivity contribution in [3.63, 3.8) is 0 Å². The minimum atomic E-state index is 0.443. The van der Waals surface area contributed by atoms with E-state index in [2.05, 4.69) is 0 Å². The van der Waals surface area contributed by atoms with Crippen LogP contribution in [0.2, 0.25) is 0 Å². The van der Waals surface area contributed by atoms with E-state index in [1.54, 1.807) is 0 Å². The molecular weight excluding hydrogens is 154 g/mol. The monoisotopic (exact) mass is 171 g/mol. The number of hydrogen-bond acceptors (Lipinski definition) is 3. The Morgan fingerprint density at radius 3 is 2.50 bits per heavy atom. The Kier molecular flexibility index (Phi) is 2.35. The zero-order valence-corrected chi connectivity index (χ0v) is 7.42. The van der Waals surface area contributed by atoms with E-state index in [4.69, 9.17) is 15.5 Å². The first-order valence-electron chi connectivity index (χ1n) is 4.77. The van der Waals surface area contributed by atoms with E-state index in [0.717, 1.165) is 25.7 Å². The molecule has 2 N–H and O–H groups in total. The van der Waals surface area contributed by atoms with E-state index in [-0.39, 0.29) is 0 Å². The number of hydrogen-bond donors (Lipinski definition) is 1. The van der Waals surface area contributed by atoms with Crippen molar-refractivity contribution in [2.75, 3.05) is 19.8 Å². The molecule has 0 unspecified atom stereocenters. The molecule has 1 saturated heterocycles. The lowest BCUT2D eigenvalue weighted by atomic mass is 9.84. The highest BCUT2D eigenvalue weighted by atomic mass is 16.6. The Balaban J connectivity index is 1.88. The van der Waals surface area contributed by atoms with E-state index < -0.39 is 0 Å². The van der Waals surface area contributed by atoms with Gasteiger partial charge in [-0.15, -0.1) is 0 Å². The molecule has 12 heavy (non-hydrogen) atoms. The topological polar surface area (TPSA) is 44.5 Å². The van der Waals surface area contributed by atoms with Gasteiger partial charge in [-0.1, -0.05) is 0 Å². The van der Waals surface area contributed by atoms with Crippen LogP contribution in [-0.4, -0.2) is 19.8 Å². The molecule has 1 aliphatic carbocycles. The Hall–Kier alpha value is -0.120. The summed E-state index contributed by atoms with van der Waals surface area (Å²) in [5.74, 6) is 5.93. The molecule has 2 aliphatic rings. The second-order valence-corrected chi connectivity index (χ2v) is 4.06.